The number of aromatic nitrogens is 2. The topological polar surface area (TPSA) is 150 Å². The number of hydrogen-bond acceptors (Lipinski definition) is 6. The minimum atomic E-state index is -0.894. The van der Waals surface area contributed by atoms with E-state index in [9.17, 15) is 19.2 Å². The second-order valence-corrected chi connectivity index (χ2v) is 8.34. The van der Waals surface area contributed by atoms with Gasteiger partial charge in [0.1, 0.15) is 18.1 Å². The molecule has 2 fully saturated rings. The van der Waals surface area contributed by atoms with Crippen molar-refractivity contribution in [1.29, 1.82) is 0 Å². The summed E-state index contributed by atoms with van der Waals surface area (Å²) >= 11 is 1.39. The number of hydrogen-bond donors (Lipinski definition) is 4. The maximum absolute atomic E-state index is 13.1. The normalized spacial score (nSPS) is 25.8. The van der Waals surface area contributed by atoms with Crippen molar-refractivity contribution in [3.05, 3.63) is 18.2 Å². The summed E-state index contributed by atoms with van der Waals surface area (Å²) in [6, 6.07) is -2.27. The van der Waals surface area contributed by atoms with Crippen LogP contribution in [0.15, 0.2) is 12.5 Å². The number of nitrogens with two attached hydrogens (primary N) is 1. The molecule has 2 aliphatic rings. The van der Waals surface area contributed by atoms with Crippen LogP contribution in [0.4, 0.5) is 0 Å². The van der Waals surface area contributed by atoms with E-state index in [1.54, 1.807) is 13.1 Å². The number of imidazole rings is 1. The number of H-pyrrole nitrogens is 1. The minimum Gasteiger partial charge on any atom is -0.368 e. The Morgan fingerprint density at radius 3 is 2.89 bits per heavy atom. The molecule has 5 N–H and O–H groups in total. The van der Waals surface area contributed by atoms with Gasteiger partial charge in [-0.05, 0) is 19.8 Å². The Labute approximate surface area is 166 Å². The minimum absolute atomic E-state index is 0.191. The average Bonchev–Trinajstić information content (AvgIpc) is 3.34. The Kier molecular flexibility index (Phi) is 6.22. The van der Waals surface area contributed by atoms with Gasteiger partial charge in [-0.1, -0.05) is 0 Å². The Morgan fingerprint density at radius 2 is 2.25 bits per heavy atom. The molecule has 4 amide bonds. The number of carbonyl (C=O) groups excluding carboxylic acids is 4. The van der Waals surface area contributed by atoms with E-state index in [1.165, 1.54) is 23.0 Å². The van der Waals surface area contributed by atoms with Crippen LogP contribution in [0.3, 0.4) is 0 Å². The van der Waals surface area contributed by atoms with E-state index in [-0.39, 0.29) is 23.5 Å². The zero-order valence-electron chi connectivity index (χ0n) is 15.5. The fourth-order valence-corrected chi connectivity index (χ4v) is 4.34. The number of nitrogens with one attached hydrogen (secondary N) is 3. The second kappa shape index (κ2) is 8.63. The highest BCUT2D eigenvalue weighted by molar-refractivity contribution is 8.00. The van der Waals surface area contributed by atoms with Crippen LogP contribution in [0.5, 0.6) is 0 Å². The number of thioether (sulfide) groups is 1. The molecule has 3 rings (SSSR count). The Morgan fingerprint density at radius 1 is 1.46 bits per heavy atom. The summed E-state index contributed by atoms with van der Waals surface area (Å²) in [5, 5.41) is 5.20. The molecular weight excluding hydrogens is 384 g/mol. The van der Waals surface area contributed by atoms with Crippen LogP contribution < -0.4 is 16.4 Å². The lowest BCUT2D eigenvalue weighted by Gasteiger charge is -2.30. The quantitative estimate of drug-likeness (QED) is 0.451. The van der Waals surface area contributed by atoms with Crippen molar-refractivity contribution in [2.75, 3.05) is 12.3 Å². The van der Waals surface area contributed by atoms with Crippen LogP contribution >= 0.6 is 11.8 Å². The maximum Gasteiger partial charge on any atom is 0.246 e. The number of carbonyl (C=O) groups is 4. The molecular formula is C17H24N6O4S. The van der Waals surface area contributed by atoms with E-state index in [0.717, 1.165) is 0 Å². The van der Waals surface area contributed by atoms with Crippen molar-refractivity contribution in [3.63, 3.8) is 0 Å². The Bertz CT molecular complexity index is 755. The van der Waals surface area contributed by atoms with Crippen molar-refractivity contribution in [2.24, 2.45) is 5.73 Å². The highest BCUT2D eigenvalue weighted by Crippen LogP contribution is 2.20. The lowest BCUT2D eigenvalue weighted by atomic mass is 10.1. The van der Waals surface area contributed by atoms with Gasteiger partial charge < -0.3 is 26.3 Å². The molecule has 0 radical (unpaired) electrons. The van der Waals surface area contributed by atoms with Crippen molar-refractivity contribution < 1.29 is 19.2 Å². The SMILES string of the molecule is CC1SCC(C(=O)N[C@@H](Cc2cnc[nH]2)C(=O)N2CCC[C@@H]2C(N)=O)NC1=O. The van der Waals surface area contributed by atoms with Gasteiger partial charge in [0.2, 0.25) is 23.6 Å². The van der Waals surface area contributed by atoms with E-state index < -0.39 is 29.9 Å². The van der Waals surface area contributed by atoms with Gasteiger partial charge in [0.25, 0.3) is 0 Å². The molecule has 0 saturated carbocycles. The van der Waals surface area contributed by atoms with Gasteiger partial charge >= 0.3 is 0 Å². The van der Waals surface area contributed by atoms with E-state index >= 15 is 0 Å². The smallest absolute Gasteiger partial charge is 0.246 e. The first-order chi connectivity index (χ1) is 13.4. The number of aromatic amines is 1. The van der Waals surface area contributed by atoms with Gasteiger partial charge in [0.05, 0.1) is 11.6 Å². The first kappa shape index (κ1) is 20.2. The van der Waals surface area contributed by atoms with Crippen molar-refractivity contribution in [2.45, 2.75) is 49.6 Å². The molecule has 152 valence electrons. The number of primary amides is 1. The third-order valence-corrected chi connectivity index (χ3v) is 6.21. The van der Waals surface area contributed by atoms with Gasteiger partial charge in [-0.2, -0.15) is 0 Å². The van der Waals surface area contributed by atoms with Crippen molar-refractivity contribution >= 4 is 35.4 Å². The van der Waals surface area contributed by atoms with Gasteiger partial charge in [-0.15, -0.1) is 11.8 Å². The highest BCUT2D eigenvalue weighted by atomic mass is 32.2. The summed E-state index contributed by atoms with van der Waals surface area (Å²) in [6.45, 7) is 2.19. The highest BCUT2D eigenvalue weighted by Gasteiger charge is 2.38. The molecule has 1 aromatic heterocycles. The van der Waals surface area contributed by atoms with Gasteiger partial charge in [0.15, 0.2) is 0 Å². The summed E-state index contributed by atoms with van der Waals surface area (Å²) in [7, 11) is 0. The molecule has 3 heterocycles. The van der Waals surface area contributed by atoms with Crippen molar-refractivity contribution in [1.82, 2.24) is 25.5 Å². The van der Waals surface area contributed by atoms with E-state index in [1.807, 2.05) is 0 Å². The summed E-state index contributed by atoms with van der Waals surface area (Å²) in [6.07, 6.45) is 4.44. The Balaban J connectivity index is 1.73. The summed E-state index contributed by atoms with van der Waals surface area (Å²) in [4.78, 5) is 57.6. The molecule has 28 heavy (non-hydrogen) atoms. The predicted octanol–water partition coefficient (Wildman–Crippen LogP) is -1.47. The summed E-state index contributed by atoms with van der Waals surface area (Å²) < 4.78 is 0. The molecule has 0 aromatic carbocycles. The van der Waals surface area contributed by atoms with Crippen LogP contribution in [0.2, 0.25) is 0 Å². The number of likely N-dealkylation sites (tertiary alicyclic amines) is 1. The monoisotopic (exact) mass is 408 g/mol. The van der Waals surface area contributed by atoms with Gasteiger partial charge in [-0.25, -0.2) is 4.98 Å². The fraction of sp³-hybridized carbons (Fsp3) is 0.588. The lowest BCUT2D eigenvalue weighted by molar-refractivity contribution is -0.141. The van der Waals surface area contributed by atoms with Crippen LogP contribution in [-0.2, 0) is 25.6 Å². The molecule has 4 atom stereocenters. The standard InChI is InChI=1S/C17H24N6O4S/c1-9-15(25)22-12(7-28-9)16(26)21-11(5-10-6-19-8-20-10)17(27)23-4-2-3-13(23)14(18)24/h6,8-9,11-13H,2-5,7H2,1H3,(H2,18,24)(H,19,20)(H,21,26)(H,22,25)/t9?,11-,12?,13+/m0/s1. The first-order valence-electron chi connectivity index (χ1n) is 9.16. The van der Waals surface area contributed by atoms with Crippen LogP contribution in [0, 0.1) is 0 Å². The number of rotatable bonds is 6. The molecule has 11 heteroatoms. The van der Waals surface area contributed by atoms with Crippen LogP contribution in [-0.4, -0.2) is 74.2 Å². The number of amides is 4. The van der Waals surface area contributed by atoms with E-state index in [2.05, 4.69) is 20.6 Å². The van der Waals surface area contributed by atoms with E-state index in [0.29, 0.717) is 30.8 Å². The maximum atomic E-state index is 13.1. The molecule has 1 aromatic rings. The van der Waals surface area contributed by atoms with Crippen LogP contribution in [0.1, 0.15) is 25.5 Å². The zero-order valence-corrected chi connectivity index (χ0v) is 16.3. The molecule has 0 spiro atoms. The third-order valence-electron chi connectivity index (χ3n) is 4.97. The molecule has 0 aliphatic carbocycles. The fourth-order valence-electron chi connectivity index (χ4n) is 3.40. The van der Waals surface area contributed by atoms with Crippen molar-refractivity contribution in [3.8, 4) is 0 Å². The van der Waals surface area contributed by atoms with Gasteiger partial charge in [-0.3, -0.25) is 19.2 Å². The van der Waals surface area contributed by atoms with Gasteiger partial charge in [0, 0.05) is 30.6 Å². The summed E-state index contributed by atoms with van der Waals surface area (Å²) in [5.41, 5.74) is 6.09. The first-order valence-corrected chi connectivity index (χ1v) is 10.2. The molecule has 2 saturated heterocycles. The lowest BCUT2D eigenvalue weighted by Crippen LogP contribution is -2.59. The van der Waals surface area contributed by atoms with Crippen LogP contribution in [0.25, 0.3) is 0 Å². The summed E-state index contributed by atoms with van der Waals surface area (Å²) in [5.74, 6) is -1.13. The predicted molar refractivity (Wildman–Crippen MR) is 102 cm³/mol. The average molecular weight is 408 g/mol. The molecule has 10 nitrogen and oxygen atoms in total. The second-order valence-electron chi connectivity index (χ2n) is 6.97. The third kappa shape index (κ3) is 4.46. The zero-order chi connectivity index (χ0) is 20.3. The molecule has 0 bridgehead atoms. The number of nitrogens with zero attached hydrogens (tertiary/aromatic N) is 2. The largest absolute Gasteiger partial charge is 0.368 e. The molecule has 2 unspecified atom stereocenters. The Hall–Kier alpha value is -2.56. The molecule has 2 aliphatic heterocycles. The van der Waals surface area contributed by atoms with E-state index in [4.69, 9.17) is 5.73 Å².